The zero-order chi connectivity index (χ0) is 20.3. The molecular weight excluding hydrogens is 378 g/mol. The Labute approximate surface area is 156 Å². The molecular formula is C19H13F4N3O2. The van der Waals surface area contributed by atoms with Crippen LogP contribution in [0.15, 0.2) is 65.5 Å². The third-order valence-corrected chi connectivity index (χ3v) is 3.80. The molecule has 3 aromatic rings. The predicted octanol–water partition coefficient (Wildman–Crippen LogP) is 3.71. The van der Waals surface area contributed by atoms with Gasteiger partial charge in [0.15, 0.2) is 0 Å². The van der Waals surface area contributed by atoms with E-state index >= 15 is 0 Å². The zero-order valence-electron chi connectivity index (χ0n) is 14.2. The minimum absolute atomic E-state index is 0.153. The Hall–Kier alpha value is -3.49. The fourth-order valence-electron chi connectivity index (χ4n) is 2.42. The van der Waals surface area contributed by atoms with Gasteiger partial charge in [-0.3, -0.25) is 9.59 Å². The van der Waals surface area contributed by atoms with Crippen LogP contribution in [0.4, 0.5) is 23.2 Å². The van der Waals surface area contributed by atoms with Crippen molar-refractivity contribution in [2.24, 2.45) is 0 Å². The summed E-state index contributed by atoms with van der Waals surface area (Å²) in [7, 11) is 0. The minimum Gasteiger partial charge on any atom is -0.324 e. The van der Waals surface area contributed by atoms with Crippen LogP contribution in [0.5, 0.6) is 0 Å². The van der Waals surface area contributed by atoms with Crippen LogP contribution < -0.4 is 10.9 Å². The second kappa shape index (κ2) is 7.63. The smallest absolute Gasteiger partial charge is 0.324 e. The number of anilines is 1. The molecule has 28 heavy (non-hydrogen) atoms. The van der Waals surface area contributed by atoms with Gasteiger partial charge in [-0.1, -0.05) is 0 Å². The van der Waals surface area contributed by atoms with E-state index in [0.717, 1.165) is 28.9 Å². The summed E-state index contributed by atoms with van der Waals surface area (Å²) in [5, 5.41) is 6.48. The topological polar surface area (TPSA) is 64.0 Å². The lowest BCUT2D eigenvalue weighted by Crippen LogP contribution is -2.29. The molecule has 0 fully saturated rings. The summed E-state index contributed by atoms with van der Waals surface area (Å²) in [6, 6.07) is 12.0. The molecule has 0 radical (unpaired) electrons. The van der Waals surface area contributed by atoms with Crippen LogP contribution in [0.2, 0.25) is 0 Å². The molecule has 0 saturated carbocycles. The summed E-state index contributed by atoms with van der Waals surface area (Å²) in [5.41, 5.74) is -0.301. The van der Waals surface area contributed by atoms with Gasteiger partial charge in [-0.05, 0) is 54.6 Å². The molecule has 0 aliphatic heterocycles. The summed E-state index contributed by atoms with van der Waals surface area (Å²) < 4.78 is 51.6. The second-order valence-corrected chi connectivity index (χ2v) is 5.84. The van der Waals surface area contributed by atoms with Crippen molar-refractivity contribution in [2.45, 2.75) is 12.7 Å². The van der Waals surface area contributed by atoms with Gasteiger partial charge in [0.2, 0.25) is 5.91 Å². The Morgan fingerprint density at radius 2 is 1.61 bits per heavy atom. The lowest BCUT2D eigenvalue weighted by atomic mass is 10.1. The van der Waals surface area contributed by atoms with Crippen molar-refractivity contribution in [2.75, 3.05) is 5.32 Å². The summed E-state index contributed by atoms with van der Waals surface area (Å²) in [5.74, 6) is -1.06. The number of rotatable bonds is 4. The van der Waals surface area contributed by atoms with Crippen LogP contribution >= 0.6 is 0 Å². The Kier molecular flexibility index (Phi) is 5.25. The molecule has 0 spiro atoms. The van der Waals surface area contributed by atoms with E-state index in [4.69, 9.17) is 0 Å². The number of aromatic nitrogens is 2. The van der Waals surface area contributed by atoms with Gasteiger partial charge in [-0.2, -0.15) is 18.3 Å². The summed E-state index contributed by atoms with van der Waals surface area (Å²) in [6.07, 6.45) is -4.47. The van der Waals surface area contributed by atoms with Gasteiger partial charge in [-0.25, -0.2) is 9.07 Å². The fourth-order valence-corrected chi connectivity index (χ4v) is 2.42. The number of halogens is 4. The highest BCUT2D eigenvalue weighted by Gasteiger charge is 2.30. The van der Waals surface area contributed by atoms with Crippen LogP contribution in [0.3, 0.4) is 0 Å². The van der Waals surface area contributed by atoms with E-state index in [-0.39, 0.29) is 5.69 Å². The number of hydrogen-bond donors (Lipinski definition) is 1. The molecule has 2 aromatic carbocycles. The number of hydrogen-bond acceptors (Lipinski definition) is 3. The van der Waals surface area contributed by atoms with Crippen LogP contribution in [0.25, 0.3) is 11.3 Å². The Balaban J connectivity index is 1.74. The number of benzene rings is 2. The molecule has 0 aliphatic carbocycles. The molecule has 1 heterocycles. The van der Waals surface area contributed by atoms with Gasteiger partial charge in [0.25, 0.3) is 5.56 Å². The van der Waals surface area contributed by atoms with Crippen LogP contribution in [-0.2, 0) is 17.5 Å². The van der Waals surface area contributed by atoms with E-state index in [1.165, 1.54) is 36.4 Å². The Morgan fingerprint density at radius 3 is 2.21 bits per heavy atom. The minimum atomic E-state index is -4.47. The first-order valence-corrected chi connectivity index (χ1v) is 8.03. The Morgan fingerprint density at radius 1 is 0.964 bits per heavy atom. The van der Waals surface area contributed by atoms with Gasteiger partial charge in [0.05, 0.1) is 11.3 Å². The molecule has 1 aromatic heterocycles. The van der Waals surface area contributed by atoms with Gasteiger partial charge in [0.1, 0.15) is 12.4 Å². The van der Waals surface area contributed by atoms with Crippen molar-refractivity contribution < 1.29 is 22.4 Å². The van der Waals surface area contributed by atoms with Crippen molar-refractivity contribution in [1.82, 2.24) is 9.78 Å². The van der Waals surface area contributed by atoms with Gasteiger partial charge in [0, 0.05) is 17.3 Å². The first kappa shape index (κ1) is 19.3. The number of nitrogens with one attached hydrogen (secondary N) is 1. The molecule has 9 heteroatoms. The van der Waals surface area contributed by atoms with E-state index in [2.05, 4.69) is 10.4 Å². The SMILES string of the molecule is O=C(Cn1nc(-c2ccc(F)cc2)ccc1=O)Nc1ccc(C(F)(F)F)cc1. The van der Waals surface area contributed by atoms with Crippen molar-refractivity contribution in [3.8, 4) is 11.3 Å². The summed E-state index contributed by atoms with van der Waals surface area (Å²) in [6.45, 7) is -0.436. The monoisotopic (exact) mass is 391 g/mol. The molecule has 0 bridgehead atoms. The summed E-state index contributed by atoms with van der Waals surface area (Å²) >= 11 is 0. The second-order valence-electron chi connectivity index (χ2n) is 5.84. The highest BCUT2D eigenvalue weighted by Crippen LogP contribution is 2.29. The van der Waals surface area contributed by atoms with E-state index in [9.17, 15) is 27.2 Å². The van der Waals surface area contributed by atoms with Gasteiger partial charge < -0.3 is 5.32 Å². The predicted molar refractivity (Wildman–Crippen MR) is 94.0 cm³/mol. The van der Waals surface area contributed by atoms with E-state index in [1.807, 2.05) is 0 Å². The fraction of sp³-hybridized carbons (Fsp3) is 0.105. The molecule has 3 rings (SSSR count). The van der Waals surface area contributed by atoms with Gasteiger partial charge >= 0.3 is 6.18 Å². The van der Waals surface area contributed by atoms with Crippen molar-refractivity contribution in [3.63, 3.8) is 0 Å². The molecule has 5 nitrogen and oxygen atoms in total. The number of nitrogens with zero attached hydrogens (tertiary/aromatic N) is 2. The molecule has 0 saturated heterocycles. The maximum atomic E-state index is 13.0. The van der Waals surface area contributed by atoms with Crippen molar-refractivity contribution >= 4 is 11.6 Å². The average molecular weight is 391 g/mol. The van der Waals surface area contributed by atoms with Crippen LogP contribution in [0, 0.1) is 5.82 Å². The normalized spacial score (nSPS) is 11.3. The third-order valence-electron chi connectivity index (χ3n) is 3.80. The van der Waals surface area contributed by atoms with Crippen molar-refractivity contribution in [1.29, 1.82) is 0 Å². The lowest BCUT2D eigenvalue weighted by Gasteiger charge is -2.10. The number of alkyl halides is 3. The number of carbonyl (C=O) groups excluding carboxylic acids is 1. The van der Waals surface area contributed by atoms with Crippen LogP contribution in [0.1, 0.15) is 5.56 Å². The Bertz CT molecular complexity index is 1040. The highest BCUT2D eigenvalue weighted by molar-refractivity contribution is 5.90. The first-order valence-electron chi connectivity index (χ1n) is 8.03. The number of amides is 1. The maximum absolute atomic E-state index is 13.0. The lowest BCUT2D eigenvalue weighted by molar-refractivity contribution is -0.137. The average Bonchev–Trinajstić information content (AvgIpc) is 2.64. The highest BCUT2D eigenvalue weighted by atomic mass is 19.4. The van der Waals surface area contributed by atoms with E-state index in [1.54, 1.807) is 0 Å². The van der Waals surface area contributed by atoms with Crippen molar-refractivity contribution in [3.05, 3.63) is 82.4 Å². The standard InChI is InChI=1S/C19H13F4N3O2/c20-14-5-1-12(2-6-14)16-9-10-18(28)26(25-16)11-17(27)24-15-7-3-13(4-8-15)19(21,22)23/h1-10H,11H2,(H,24,27). The molecule has 0 unspecified atom stereocenters. The molecule has 1 N–H and O–H groups in total. The van der Waals surface area contributed by atoms with Crippen LogP contribution in [-0.4, -0.2) is 15.7 Å². The quantitative estimate of drug-likeness (QED) is 0.690. The van der Waals surface area contributed by atoms with E-state index in [0.29, 0.717) is 11.3 Å². The molecule has 0 aliphatic rings. The molecule has 0 atom stereocenters. The number of carbonyl (C=O) groups is 1. The van der Waals surface area contributed by atoms with E-state index < -0.39 is 35.6 Å². The third kappa shape index (κ3) is 4.61. The first-order chi connectivity index (χ1) is 13.2. The summed E-state index contributed by atoms with van der Waals surface area (Å²) in [4.78, 5) is 24.1. The maximum Gasteiger partial charge on any atom is 0.416 e. The van der Waals surface area contributed by atoms with Gasteiger partial charge in [-0.15, -0.1) is 0 Å². The zero-order valence-corrected chi connectivity index (χ0v) is 14.2. The largest absolute Gasteiger partial charge is 0.416 e. The molecule has 1 amide bonds. The molecule has 144 valence electrons.